The highest BCUT2D eigenvalue weighted by atomic mass is 32.2. The molecule has 1 atom stereocenters. The predicted octanol–water partition coefficient (Wildman–Crippen LogP) is 1.74. The van der Waals surface area contributed by atoms with Gasteiger partial charge in [-0.1, -0.05) is 54.6 Å². The van der Waals surface area contributed by atoms with E-state index < -0.39 is 17.5 Å². The smallest absolute Gasteiger partial charge is 0.197 e. The minimum absolute atomic E-state index is 0.236. The van der Waals surface area contributed by atoms with Gasteiger partial charge in [0.15, 0.2) is 5.78 Å². The Morgan fingerprint density at radius 1 is 0.692 bits per heavy atom. The number of hydrogen-bond donors (Lipinski definition) is 2. The Morgan fingerprint density at radius 3 is 1.38 bits per heavy atom. The van der Waals surface area contributed by atoms with Crippen molar-refractivity contribution in [2.24, 2.45) is 0 Å². The van der Waals surface area contributed by atoms with Crippen molar-refractivity contribution >= 4 is 33.4 Å². The summed E-state index contributed by atoms with van der Waals surface area (Å²) in [5.41, 5.74) is 0. The van der Waals surface area contributed by atoms with E-state index in [0.29, 0.717) is 6.54 Å². The lowest BCUT2D eigenvalue weighted by Gasteiger charge is -2.31. The fourth-order valence-electron chi connectivity index (χ4n) is 3.64. The van der Waals surface area contributed by atoms with Crippen LogP contribution in [0.4, 0.5) is 0 Å². The van der Waals surface area contributed by atoms with Gasteiger partial charge in [-0.15, -0.1) is 0 Å². The van der Waals surface area contributed by atoms with E-state index in [0.717, 1.165) is 15.9 Å². The Labute approximate surface area is 154 Å². The third-order valence-electron chi connectivity index (χ3n) is 4.72. The van der Waals surface area contributed by atoms with Gasteiger partial charge in [-0.05, 0) is 36.4 Å². The zero-order chi connectivity index (χ0) is 18.0. The maximum absolute atomic E-state index is 12.2. The van der Waals surface area contributed by atoms with Crippen LogP contribution in [0, 0.1) is 0 Å². The number of hydrogen-bond acceptors (Lipinski definition) is 2. The van der Waals surface area contributed by atoms with Crippen molar-refractivity contribution in [2.45, 2.75) is 5.78 Å². The summed E-state index contributed by atoms with van der Waals surface area (Å²) in [7, 11) is -5.71. The second-order valence-corrected chi connectivity index (χ2v) is 11.4. The molecule has 2 N–H and O–H groups in total. The van der Waals surface area contributed by atoms with Crippen LogP contribution in [0.15, 0.2) is 91.0 Å². The molecular formula is C20H20N2O2PS+. The second-order valence-electron chi connectivity index (χ2n) is 6.21. The molecule has 1 saturated heterocycles. The van der Waals surface area contributed by atoms with Crippen molar-refractivity contribution in [1.82, 2.24) is 9.44 Å². The highest BCUT2D eigenvalue weighted by molar-refractivity contribution is 7.97. The molecule has 0 saturated carbocycles. The van der Waals surface area contributed by atoms with E-state index in [1.807, 2.05) is 54.6 Å². The highest BCUT2D eigenvalue weighted by Gasteiger charge is 2.55. The minimum Gasteiger partial charge on any atom is -0.197 e. The van der Waals surface area contributed by atoms with E-state index in [1.165, 1.54) is 0 Å². The Balaban J connectivity index is 2.04. The third kappa shape index (κ3) is 2.97. The molecule has 3 aromatic carbocycles. The number of nitrogens with one attached hydrogen (secondary N) is 2. The van der Waals surface area contributed by atoms with E-state index in [4.69, 9.17) is 0 Å². The molecule has 26 heavy (non-hydrogen) atoms. The number of benzene rings is 3. The molecule has 1 aliphatic heterocycles. The van der Waals surface area contributed by atoms with Crippen LogP contribution in [0.1, 0.15) is 0 Å². The van der Waals surface area contributed by atoms with Crippen molar-refractivity contribution in [2.75, 3.05) is 6.54 Å². The zero-order valence-electron chi connectivity index (χ0n) is 14.1. The summed E-state index contributed by atoms with van der Waals surface area (Å²) in [6, 6.07) is 30.8. The van der Waals surface area contributed by atoms with Crippen LogP contribution in [-0.4, -0.2) is 20.7 Å². The number of rotatable bonds is 4. The van der Waals surface area contributed by atoms with Gasteiger partial charge in [0.1, 0.15) is 23.2 Å². The van der Waals surface area contributed by atoms with Crippen LogP contribution in [0.3, 0.4) is 0 Å². The van der Waals surface area contributed by atoms with Gasteiger partial charge in [-0.2, -0.15) is 17.9 Å². The van der Waals surface area contributed by atoms with Gasteiger partial charge in [0.05, 0.1) is 6.54 Å². The summed E-state index contributed by atoms with van der Waals surface area (Å²) in [6.07, 6.45) is 0. The molecule has 0 radical (unpaired) electrons. The molecule has 1 aliphatic rings. The fraction of sp³-hybridized carbons (Fsp3) is 0.100. The first-order valence-corrected chi connectivity index (χ1v) is 11.8. The molecule has 3 aromatic rings. The average molecular weight is 383 g/mol. The van der Waals surface area contributed by atoms with Gasteiger partial charge in [0.2, 0.25) is 0 Å². The van der Waals surface area contributed by atoms with Crippen LogP contribution < -0.4 is 25.4 Å². The topological polar surface area (TPSA) is 58.2 Å². The van der Waals surface area contributed by atoms with Crippen LogP contribution in [0.5, 0.6) is 0 Å². The molecule has 4 nitrogen and oxygen atoms in total. The molecule has 0 aromatic heterocycles. The molecule has 1 fully saturated rings. The second kappa shape index (κ2) is 6.93. The van der Waals surface area contributed by atoms with Crippen molar-refractivity contribution < 1.29 is 8.42 Å². The lowest BCUT2D eigenvalue weighted by molar-refractivity contribution is 0.586. The fourth-order valence-corrected chi connectivity index (χ4v) is 9.99. The average Bonchev–Trinajstić information content (AvgIpc) is 3.05. The van der Waals surface area contributed by atoms with Crippen molar-refractivity contribution in [3.63, 3.8) is 0 Å². The first kappa shape index (κ1) is 17.4. The summed E-state index contributed by atoms with van der Waals surface area (Å²) in [5, 5.41) is 3.48. The molecule has 0 spiro atoms. The van der Waals surface area contributed by atoms with E-state index in [1.54, 1.807) is 0 Å². The largest absolute Gasteiger partial charge is 0.280 e. The van der Waals surface area contributed by atoms with Crippen LogP contribution in [-0.2, 0) is 10.2 Å². The molecule has 4 rings (SSSR count). The van der Waals surface area contributed by atoms with E-state index in [-0.39, 0.29) is 5.78 Å². The standard InChI is InChI=1S/C20H20N2O2PS/c23-26(24)21-16-20(22-26)25(17-10-4-1-5-11-17,18-12-6-2-7-13-18)19-14-8-3-9-15-19/h1-15,20-22H,16H2/q+1. The molecule has 1 heterocycles. The molecule has 132 valence electrons. The van der Waals surface area contributed by atoms with Crippen LogP contribution in [0.25, 0.3) is 0 Å². The highest BCUT2D eigenvalue weighted by Crippen LogP contribution is 2.59. The summed E-state index contributed by atoms with van der Waals surface area (Å²) in [5.74, 6) is -0.236. The predicted molar refractivity (Wildman–Crippen MR) is 109 cm³/mol. The molecule has 0 aliphatic carbocycles. The monoisotopic (exact) mass is 383 g/mol. The van der Waals surface area contributed by atoms with Crippen molar-refractivity contribution in [3.05, 3.63) is 91.0 Å². The van der Waals surface area contributed by atoms with Gasteiger partial charge in [0.25, 0.3) is 10.2 Å². The lowest BCUT2D eigenvalue weighted by atomic mass is 10.4. The van der Waals surface area contributed by atoms with Gasteiger partial charge in [-0.25, -0.2) is 0 Å². The quantitative estimate of drug-likeness (QED) is 0.675. The van der Waals surface area contributed by atoms with Crippen LogP contribution >= 0.6 is 7.26 Å². The van der Waals surface area contributed by atoms with Crippen LogP contribution in [0.2, 0.25) is 0 Å². The van der Waals surface area contributed by atoms with E-state index >= 15 is 0 Å². The Bertz CT molecular complexity index is 883. The Morgan fingerprint density at radius 2 is 1.08 bits per heavy atom. The zero-order valence-corrected chi connectivity index (χ0v) is 15.8. The summed E-state index contributed by atoms with van der Waals surface area (Å²) >= 11 is 0. The summed E-state index contributed by atoms with van der Waals surface area (Å²) in [4.78, 5) is 0. The lowest BCUT2D eigenvalue weighted by Crippen LogP contribution is -2.44. The molecule has 1 unspecified atom stereocenters. The SMILES string of the molecule is O=S1(=O)NCC([P+](c2ccccc2)(c2ccccc2)c2ccccc2)N1. The first-order valence-electron chi connectivity index (χ1n) is 8.45. The maximum Gasteiger partial charge on any atom is 0.280 e. The maximum atomic E-state index is 12.2. The van der Waals surface area contributed by atoms with Crippen molar-refractivity contribution in [1.29, 1.82) is 0 Å². The molecule has 6 heteroatoms. The Kier molecular flexibility index (Phi) is 4.63. The summed E-state index contributed by atoms with van der Waals surface area (Å²) in [6.45, 7) is 0.370. The molecule has 0 amide bonds. The van der Waals surface area contributed by atoms with E-state index in [9.17, 15) is 8.42 Å². The molecular weight excluding hydrogens is 363 g/mol. The van der Waals surface area contributed by atoms with E-state index in [2.05, 4.69) is 45.8 Å². The third-order valence-corrected chi connectivity index (χ3v) is 10.6. The van der Waals surface area contributed by atoms with Gasteiger partial charge >= 0.3 is 0 Å². The Hall–Kier alpha value is -2.04. The van der Waals surface area contributed by atoms with Crippen molar-refractivity contribution in [3.8, 4) is 0 Å². The van der Waals surface area contributed by atoms with Gasteiger partial charge in [0, 0.05) is 0 Å². The summed E-state index contributed by atoms with van der Waals surface area (Å²) < 4.78 is 29.9. The first-order chi connectivity index (χ1) is 12.6. The molecule has 0 bridgehead atoms. The normalized spacial score (nSPS) is 19.3. The van der Waals surface area contributed by atoms with Gasteiger partial charge in [-0.3, -0.25) is 0 Å². The van der Waals surface area contributed by atoms with Gasteiger partial charge < -0.3 is 0 Å². The minimum atomic E-state index is -3.47.